The SMILES string of the molecule is CC[C@H](C)[C@H](N)C(=O)NCC(C(=O)O)[P+](O)(O)C(C)=N. The van der Waals surface area contributed by atoms with Crippen molar-refractivity contribution in [2.24, 2.45) is 11.7 Å². The zero-order chi connectivity index (χ0) is 16.1. The molecule has 0 aromatic rings. The Balaban J connectivity index is 4.78. The highest BCUT2D eigenvalue weighted by molar-refractivity contribution is 7.82. The Labute approximate surface area is 118 Å². The van der Waals surface area contributed by atoms with E-state index in [1.54, 1.807) is 6.92 Å². The zero-order valence-electron chi connectivity index (χ0n) is 11.8. The molecule has 116 valence electrons. The summed E-state index contributed by atoms with van der Waals surface area (Å²) in [6.07, 6.45) is 0.688. The Bertz CT molecular complexity index is 388. The number of carbonyl (C=O) groups excluding carboxylic acids is 1. The van der Waals surface area contributed by atoms with Gasteiger partial charge in [-0.25, -0.2) is 14.6 Å². The standard InChI is InChI=1S/C11H22N3O5P/c1-4-6(2)9(13)10(15)14-5-8(11(16)17)20(18,19)7(3)12/h6,8-9,12,18-19H,4-5,13H2,1-3H3,(H-,14,15,16,17)/p+1/t6-,8?,9-/m0/s1. The first-order valence-corrected chi connectivity index (χ1v) is 7.98. The van der Waals surface area contributed by atoms with Crippen LogP contribution in [-0.2, 0) is 9.59 Å². The van der Waals surface area contributed by atoms with Crippen LogP contribution in [0.2, 0.25) is 0 Å². The van der Waals surface area contributed by atoms with Crippen molar-refractivity contribution in [2.45, 2.75) is 38.9 Å². The molecule has 0 aliphatic rings. The maximum Gasteiger partial charge on any atom is 0.352 e. The van der Waals surface area contributed by atoms with Crippen molar-refractivity contribution in [2.75, 3.05) is 6.54 Å². The molecule has 0 aromatic carbocycles. The molecule has 0 aromatic heterocycles. The van der Waals surface area contributed by atoms with Crippen molar-refractivity contribution in [3.8, 4) is 0 Å². The molecular formula is C11H23N3O5P+. The Morgan fingerprint density at radius 3 is 2.25 bits per heavy atom. The average Bonchev–Trinajstić information content (AvgIpc) is 2.35. The first-order chi connectivity index (χ1) is 9.05. The van der Waals surface area contributed by atoms with Crippen LogP contribution in [0.3, 0.4) is 0 Å². The van der Waals surface area contributed by atoms with E-state index in [0.29, 0.717) is 6.42 Å². The molecule has 0 bridgehead atoms. The number of hydrogen-bond donors (Lipinski definition) is 6. The van der Waals surface area contributed by atoms with Gasteiger partial charge in [-0.3, -0.25) is 10.2 Å². The summed E-state index contributed by atoms with van der Waals surface area (Å²) >= 11 is 0. The summed E-state index contributed by atoms with van der Waals surface area (Å²) in [6, 6.07) is -0.791. The molecule has 9 heteroatoms. The molecule has 0 spiro atoms. The van der Waals surface area contributed by atoms with Gasteiger partial charge in [0.15, 0.2) is 0 Å². The van der Waals surface area contributed by atoms with E-state index in [0.717, 1.165) is 6.92 Å². The van der Waals surface area contributed by atoms with Gasteiger partial charge in [0.25, 0.3) is 0 Å². The smallest absolute Gasteiger partial charge is 0.352 e. The molecule has 3 atom stereocenters. The van der Waals surface area contributed by atoms with Gasteiger partial charge in [-0.2, -0.15) is 0 Å². The van der Waals surface area contributed by atoms with Crippen LogP contribution in [-0.4, -0.2) is 50.5 Å². The number of carboxylic acids is 1. The van der Waals surface area contributed by atoms with E-state index in [2.05, 4.69) is 5.32 Å². The van der Waals surface area contributed by atoms with Gasteiger partial charge in [0.2, 0.25) is 17.0 Å². The molecule has 0 aliphatic heterocycles. The molecule has 1 amide bonds. The highest BCUT2D eigenvalue weighted by Gasteiger charge is 2.52. The second-order valence-corrected chi connectivity index (χ2v) is 7.34. The molecule has 0 fully saturated rings. The normalized spacial score (nSPS) is 16.1. The van der Waals surface area contributed by atoms with Crippen LogP contribution in [0.5, 0.6) is 0 Å². The molecule has 0 rings (SSSR count). The van der Waals surface area contributed by atoms with Crippen molar-refractivity contribution in [1.29, 1.82) is 5.41 Å². The lowest BCUT2D eigenvalue weighted by Gasteiger charge is -2.21. The summed E-state index contributed by atoms with van der Waals surface area (Å²) in [5.41, 5.74) is 3.54. The number of nitrogens with one attached hydrogen (secondary N) is 2. The Hall–Kier alpha value is -1.08. The zero-order valence-corrected chi connectivity index (χ0v) is 12.7. The summed E-state index contributed by atoms with van der Waals surface area (Å²) in [5.74, 6) is -2.11. The van der Waals surface area contributed by atoms with Crippen LogP contribution in [0.25, 0.3) is 0 Å². The third-order valence-electron chi connectivity index (χ3n) is 3.24. The van der Waals surface area contributed by atoms with Crippen LogP contribution in [0.15, 0.2) is 0 Å². The van der Waals surface area contributed by atoms with Gasteiger partial charge in [0.1, 0.15) is 0 Å². The largest absolute Gasteiger partial charge is 0.478 e. The minimum atomic E-state index is -4.07. The van der Waals surface area contributed by atoms with Gasteiger partial charge in [-0.1, -0.05) is 20.3 Å². The van der Waals surface area contributed by atoms with Crippen molar-refractivity contribution in [3.05, 3.63) is 0 Å². The first kappa shape index (κ1) is 18.9. The van der Waals surface area contributed by atoms with E-state index in [1.807, 2.05) is 6.92 Å². The molecular weight excluding hydrogens is 285 g/mol. The van der Waals surface area contributed by atoms with E-state index in [1.165, 1.54) is 0 Å². The lowest BCUT2D eigenvalue weighted by molar-refractivity contribution is -0.136. The van der Waals surface area contributed by atoms with Crippen molar-refractivity contribution >= 4 is 25.0 Å². The van der Waals surface area contributed by atoms with Gasteiger partial charge < -0.3 is 16.2 Å². The fraction of sp³-hybridized carbons (Fsp3) is 0.727. The molecule has 20 heavy (non-hydrogen) atoms. The Morgan fingerprint density at radius 2 is 1.90 bits per heavy atom. The highest BCUT2D eigenvalue weighted by Crippen LogP contribution is 2.55. The second-order valence-electron chi connectivity index (χ2n) is 4.75. The van der Waals surface area contributed by atoms with Crippen LogP contribution >= 0.6 is 7.72 Å². The minimum absolute atomic E-state index is 0.0782. The molecule has 0 aliphatic carbocycles. The van der Waals surface area contributed by atoms with E-state index in [4.69, 9.17) is 16.2 Å². The lowest BCUT2D eigenvalue weighted by Crippen LogP contribution is -2.48. The van der Waals surface area contributed by atoms with E-state index >= 15 is 0 Å². The maximum absolute atomic E-state index is 11.7. The number of nitrogens with two attached hydrogens (primary N) is 1. The Kier molecular flexibility index (Phi) is 7.22. The maximum atomic E-state index is 11.7. The second kappa shape index (κ2) is 7.64. The summed E-state index contributed by atoms with van der Waals surface area (Å²) in [4.78, 5) is 42.2. The van der Waals surface area contributed by atoms with Gasteiger partial charge in [0.05, 0.1) is 12.6 Å². The number of carboxylic acid groups (broad SMARTS) is 1. The van der Waals surface area contributed by atoms with Crippen LogP contribution in [0.1, 0.15) is 27.2 Å². The van der Waals surface area contributed by atoms with Crippen LogP contribution < -0.4 is 11.1 Å². The fourth-order valence-corrected chi connectivity index (χ4v) is 2.55. The predicted molar refractivity (Wildman–Crippen MR) is 76.6 cm³/mol. The van der Waals surface area contributed by atoms with E-state index in [-0.39, 0.29) is 5.92 Å². The van der Waals surface area contributed by atoms with Gasteiger partial charge in [-0.05, 0) is 5.92 Å². The number of rotatable bonds is 8. The minimum Gasteiger partial charge on any atom is -0.478 e. The molecule has 0 saturated carbocycles. The van der Waals surface area contributed by atoms with Crippen molar-refractivity contribution in [3.63, 3.8) is 0 Å². The molecule has 0 heterocycles. The Morgan fingerprint density at radius 1 is 1.40 bits per heavy atom. The summed E-state index contributed by atoms with van der Waals surface area (Å²) in [5, 5.41) is 18.5. The lowest BCUT2D eigenvalue weighted by atomic mass is 9.99. The number of hydrogen-bond acceptors (Lipinski definition) is 6. The van der Waals surface area contributed by atoms with Gasteiger partial charge in [-0.15, -0.1) is 0 Å². The third-order valence-corrected chi connectivity index (χ3v) is 5.50. The van der Waals surface area contributed by atoms with E-state index < -0.39 is 43.3 Å². The summed E-state index contributed by atoms with van der Waals surface area (Å²) < 4.78 is 0. The van der Waals surface area contributed by atoms with Crippen molar-refractivity contribution in [1.82, 2.24) is 5.32 Å². The predicted octanol–water partition coefficient (Wildman–Crippen LogP) is -0.241. The van der Waals surface area contributed by atoms with Crippen molar-refractivity contribution < 1.29 is 24.5 Å². The quantitative estimate of drug-likeness (QED) is 0.268. The van der Waals surface area contributed by atoms with E-state index in [9.17, 15) is 19.4 Å². The van der Waals surface area contributed by atoms with Gasteiger partial charge in [0, 0.05) is 6.92 Å². The summed E-state index contributed by atoms with van der Waals surface area (Å²) in [6.45, 7) is 4.30. The topological polar surface area (TPSA) is 157 Å². The number of amides is 1. The number of carbonyl (C=O) groups is 2. The molecule has 7 N–H and O–H groups in total. The van der Waals surface area contributed by atoms with Crippen LogP contribution in [0, 0.1) is 11.3 Å². The molecule has 1 unspecified atom stereocenters. The molecule has 0 radical (unpaired) electrons. The summed E-state index contributed by atoms with van der Waals surface area (Å²) in [7, 11) is -4.07. The van der Waals surface area contributed by atoms with Gasteiger partial charge >= 0.3 is 13.7 Å². The number of aliphatic carboxylic acids is 1. The monoisotopic (exact) mass is 308 g/mol. The van der Waals surface area contributed by atoms with Crippen LogP contribution in [0.4, 0.5) is 0 Å². The highest BCUT2D eigenvalue weighted by atomic mass is 31.2. The molecule has 8 nitrogen and oxygen atoms in total. The first-order valence-electron chi connectivity index (χ1n) is 6.21. The average molecular weight is 308 g/mol. The third kappa shape index (κ3) is 4.79. The fourth-order valence-electron chi connectivity index (χ4n) is 1.43. The molecule has 0 saturated heterocycles.